The lowest BCUT2D eigenvalue weighted by atomic mass is 10.4. The lowest BCUT2D eigenvalue weighted by Crippen LogP contribution is -2.45. The highest BCUT2D eigenvalue weighted by atomic mass is 16.2. The molecule has 0 atom stereocenters. The number of hydrogen-bond acceptors (Lipinski definition) is 2. The zero-order valence-electron chi connectivity index (χ0n) is 10.8. The Bertz CT molecular complexity index is 349. The van der Waals surface area contributed by atoms with Crippen molar-refractivity contribution in [2.24, 2.45) is 0 Å². The second kappa shape index (κ2) is 7.37. The summed E-state index contributed by atoms with van der Waals surface area (Å²) in [4.78, 5) is 17.7. The average molecular weight is 247 g/mol. The van der Waals surface area contributed by atoms with Crippen molar-refractivity contribution < 1.29 is 4.79 Å². The summed E-state index contributed by atoms with van der Waals surface area (Å²) >= 11 is 0. The van der Waals surface area contributed by atoms with Crippen LogP contribution in [-0.2, 0) is 0 Å². The molecule has 1 rings (SSSR count). The maximum absolute atomic E-state index is 12.2. The van der Waals surface area contributed by atoms with Crippen LogP contribution in [0.1, 0.15) is 0 Å². The van der Waals surface area contributed by atoms with Gasteiger partial charge in [-0.2, -0.15) is 0 Å². The molecule has 0 spiro atoms. The molecule has 18 heavy (non-hydrogen) atoms. The molecule has 4 heteroatoms. The van der Waals surface area contributed by atoms with Gasteiger partial charge >= 0.3 is 6.03 Å². The summed E-state index contributed by atoms with van der Waals surface area (Å²) in [7, 11) is 0. The van der Waals surface area contributed by atoms with Gasteiger partial charge in [0, 0.05) is 45.1 Å². The smallest absolute Gasteiger partial charge is 0.324 e. The molecule has 98 valence electrons. The summed E-state index contributed by atoms with van der Waals surface area (Å²) in [5.41, 5.74) is 0. The molecule has 0 aliphatic carbocycles. The molecule has 0 aromatic heterocycles. The molecule has 0 aromatic carbocycles. The number of nitrogens with zero attached hydrogens (tertiary/aromatic N) is 3. The number of carbonyl (C=O) groups excluding carboxylic acids is 1. The van der Waals surface area contributed by atoms with Gasteiger partial charge in [0.05, 0.1) is 0 Å². The van der Waals surface area contributed by atoms with Crippen LogP contribution in [0.15, 0.2) is 50.4 Å². The van der Waals surface area contributed by atoms with E-state index < -0.39 is 0 Å². The predicted molar refractivity (Wildman–Crippen MR) is 75.0 cm³/mol. The van der Waals surface area contributed by atoms with Gasteiger partial charge < -0.3 is 9.80 Å². The van der Waals surface area contributed by atoms with E-state index in [0.717, 1.165) is 13.1 Å². The van der Waals surface area contributed by atoms with E-state index in [1.54, 1.807) is 28.2 Å². The van der Waals surface area contributed by atoms with E-state index in [9.17, 15) is 4.79 Å². The number of hydrogen-bond donors (Lipinski definition) is 0. The maximum atomic E-state index is 12.2. The van der Waals surface area contributed by atoms with Gasteiger partial charge in [-0.25, -0.2) is 4.79 Å². The number of urea groups is 1. The lowest BCUT2D eigenvalue weighted by Gasteiger charge is -2.32. The van der Waals surface area contributed by atoms with Gasteiger partial charge in [-0.15, -0.1) is 19.7 Å². The highest BCUT2D eigenvalue weighted by Gasteiger charge is 2.19. The highest BCUT2D eigenvalue weighted by Crippen LogP contribution is 2.06. The highest BCUT2D eigenvalue weighted by molar-refractivity contribution is 5.76. The Balaban J connectivity index is 2.85. The fraction of sp³-hybridized carbons (Fsp3) is 0.357. The van der Waals surface area contributed by atoms with Gasteiger partial charge in [0.25, 0.3) is 0 Å². The molecule has 0 saturated heterocycles. The lowest BCUT2D eigenvalue weighted by molar-refractivity contribution is 0.168. The minimum atomic E-state index is -0.00990. The van der Waals surface area contributed by atoms with Crippen LogP contribution in [0.5, 0.6) is 0 Å². The Labute approximate surface area is 109 Å². The molecule has 0 N–H and O–H groups in total. The third kappa shape index (κ3) is 3.80. The minimum Gasteiger partial charge on any atom is -0.371 e. The van der Waals surface area contributed by atoms with Crippen LogP contribution in [0, 0.1) is 0 Å². The van der Waals surface area contributed by atoms with E-state index >= 15 is 0 Å². The van der Waals surface area contributed by atoms with Crippen LogP contribution in [0.3, 0.4) is 0 Å². The van der Waals surface area contributed by atoms with Crippen molar-refractivity contribution in [2.75, 3.05) is 32.7 Å². The van der Waals surface area contributed by atoms with Gasteiger partial charge in [0.15, 0.2) is 0 Å². The molecule has 4 nitrogen and oxygen atoms in total. The Hall–Kier alpha value is -1.97. The number of amides is 2. The Morgan fingerprint density at radius 2 is 1.67 bits per heavy atom. The van der Waals surface area contributed by atoms with Crippen molar-refractivity contribution in [2.45, 2.75) is 0 Å². The SMILES string of the molecule is C=CCN1C=CN(CC=C)C(=O)N(CC=C)CC1. The van der Waals surface area contributed by atoms with Crippen molar-refractivity contribution in [1.29, 1.82) is 0 Å². The zero-order valence-corrected chi connectivity index (χ0v) is 10.8. The van der Waals surface area contributed by atoms with E-state index in [-0.39, 0.29) is 6.03 Å². The molecule has 1 heterocycles. The summed E-state index contributed by atoms with van der Waals surface area (Å²) in [6, 6.07) is -0.00990. The van der Waals surface area contributed by atoms with Crippen molar-refractivity contribution in [1.82, 2.24) is 14.7 Å². The summed E-state index contributed by atoms with van der Waals surface area (Å²) in [5, 5.41) is 0. The van der Waals surface area contributed by atoms with Crippen molar-refractivity contribution in [3.05, 3.63) is 50.4 Å². The fourth-order valence-corrected chi connectivity index (χ4v) is 1.76. The first-order valence-electron chi connectivity index (χ1n) is 6.03. The van der Waals surface area contributed by atoms with E-state index in [0.29, 0.717) is 19.6 Å². The predicted octanol–water partition coefficient (Wildman–Crippen LogP) is 2.06. The first kappa shape index (κ1) is 14.1. The fourth-order valence-electron chi connectivity index (χ4n) is 1.76. The van der Waals surface area contributed by atoms with E-state index in [1.165, 1.54) is 0 Å². The van der Waals surface area contributed by atoms with Gasteiger partial charge in [-0.3, -0.25) is 4.90 Å². The minimum absolute atomic E-state index is 0.00990. The van der Waals surface area contributed by atoms with Gasteiger partial charge in [-0.1, -0.05) is 18.2 Å². The van der Waals surface area contributed by atoms with E-state index in [4.69, 9.17) is 0 Å². The molecular weight excluding hydrogens is 226 g/mol. The van der Waals surface area contributed by atoms with Crippen LogP contribution in [0.2, 0.25) is 0 Å². The second-order valence-corrected chi connectivity index (χ2v) is 4.04. The molecular formula is C14H21N3O. The molecule has 1 aliphatic heterocycles. The van der Waals surface area contributed by atoms with E-state index in [1.807, 2.05) is 12.3 Å². The van der Waals surface area contributed by atoms with Gasteiger partial charge in [-0.05, 0) is 0 Å². The first-order valence-corrected chi connectivity index (χ1v) is 6.03. The zero-order chi connectivity index (χ0) is 13.4. The molecule has 0 bridgehead atoms. The molecule has 1 aliphatic rings. The Morgan fingerprint density at radius 1 is 1.00 bits per heavy atom. The summed E-state index contributed by atoms with van der Waals surface area (Å²) in [6.07, 6.45) is 9.03. The van der Waals surface area contributed by atoms with Crippen LogP contribution < -0.4 is 0 Å². The third-order valence-electron chi connectivity index (χ3n) is 2.67. The Kier molecular flexibility index (Phi) is 5.77. The second-order valence-electron chi connectivity index (χ2n) is 4.04. The van der Waals surface area contributed by atoms with Gasteiger partial charge in [0.1, 0.15) is 0 Å². The Morgan fingerprint density at radius 3 is 2.28 bits per heavy atom. The number of carbonyl (C=O) groups is 1. The van der Waals surface area contributed by atoms with Crippen LogP contribution in [-0.4, -0.2) is 53.5 Å². The summed E-state index contributed by atoms with van der Waals surface area (Å²) < 4.78 is 0. The first-order chi connectivity index (χ1) is 8.72. The topological polar surface area (TPSA) is 26.8 Å². The van der Waals surface area contributed by atoms with Crippen molar-refractivity contribution >= 4 is 6.03 Å². The third-order valence-corrected chi connectivity index (χ3v) is 2.67. The van der Waals surface area contributed by atoms with Crippen LogP contribution in [0.4, 0.5) is 4.79 Å². The largest absolute Gasteiger partial charge is 0.371 e. The summed E-state index contributed by atoms with van der Waals surface area (Å²) in [5.74, 6) is 0. The van der Waals surface area contributed by atoms with E-state index in [2.05, 4.69) is 24.6 Å². The molecule has 0 saturated carbocycles. The molecule has 0 aromatic rings. The average Bonchev–Trinajstić information content (AvgIpc) is 2.36. The summed E-state index contributed by atoms with van der Waals surface area (Å²) in [6.45, 7) is 14.4. The van der Waals surface area contributed by atoms with Crippen molar-refractivity contribution in [3.8, 4) is 0 Å². The normalized spacial score (nSPS) is 16.2. The standard InChI is InChI=1S/C14H21N3O/c1-4-7-15-10-12-16(8-5-2)14(18)17(9-6-3)13-11-15/h4-6,10,12H,1-3,7-9,11,13H2. The monoisotopic (exact) mass is 247 g/mol. The van der Waals surface area contributed by atoms with Crippen LogP contribution in [0.25, 0.3) is 0 Å². The van der Waals surface area contributed by atoms with Crippen LogP contribution >= 0.6 is 0 Å². The number of rotatable bonds is 6. The van der Waals surface area contributed by atoms with Crippen molar-refractivity contribution in [3.63, 3.8) is 0 Å². The molecule has 0 unspecified atom stereocenters. The van der Waals surface area contributed by atoms with Gasteiger partial charge in [0.2, 0.25) is 0 Å². The maximum Gasteiger partial charge on any atom is 0.324 e. The molecule has 0 radical (unpaired) electrons. The molecule has 2 amide bonds. The molecule has 0 fully saturated rings. The quantitative estimate of drug-likeness (QED) is 0.672.